The molecule has 0 unspecified atom stereocenters. The van der Waals surface area contributed by atoms with Gasteiger partial charge in [0.05, 0.1) is 6.33 Å². The summed E-state index contributed by atoms with van der Waals surface area (Å²) in [5, 5.41) is 6.17. The summed E-state index contributed by atoms with van der Waals surface area (Å²) in [7, 11) is 0. The molecule has 1 amide bonds. The lowest BCUT2D eigenvalue weighted by Crippen LogP contribution is -2.17. The number of rotatable bonds is 7. The number of anilines is 2. The fourth-order valence-electron chi connectivity index (χ4n) is 1.58. The van der Waals surface area contributed by atoms with Crippen LogP contribution in [0.1, 0.15) is 19.8 Å². The summed E-state index contributed by atoms with van der Waals surface area (Å²) in [6, 6.07) is 0. The second kappa shape index (κ2) is 5.98. The summed E-state index contributed by atoms with van der Waals surface area (Å²) in [6.45, 7) is 3.27. The molecule has 2 heterocycles. The summed E-state index contributed by atoms with van der Waals surface area (Å²) in [6.07, 6.45) is 2.78. The minimum Gasteiger partial charge on any atom is -0.370 e. The maximum Gasteiger partial charge on any atom is 0.226 e. The van der Waals surface area contributed by atoms with E-state index in [9.17, 15) is 4.79 Å². The summed E-state index contributed by atoms with van der Waals surface area (Å²) >= 11 is 0. The smallest absolute Gasteiger partial charge is 0.226 e. The molecule has 0 aliphatic heterocycles. The van der Waals surface area contributed by atoms with Crippen molar-refractivity contribution >= 4 is 28.8 Å². The number of aromatic nitrogens is 4. The van der Waals surface area contributed by atoms with E-state index in [0.29, 0.717) is 29.5 Å². The third-order valence-electron chi connectivity index (χ3n) is 2.48. The normalized spacial score (nSPS) is 10.6. The average molecular weight is 263 g/mol. The number of nitrogens with zero attached hydrogens (tertiary/aromatic N) is 3. The Morgan fingerprint density at radius 2 is 2.21 bits per heavy atom. The Morgan fingerprint density at radius 1 is 1.37 bits per heavy atom. The molecule has 0 radical (unpaired) electrons. The molecule has 19 heavy (non-hydrogen) atoms. The first-order chi connectivity index (χ1) is 9.20. The zero-order valence-electron chi connectivity index (χ0n) is 10.7. The number of carbonyl (C=O) groups excluding carboxylic acids is 1. The van der Waals surface area contributed by atoms with Gasteiger partial charge in [0.2, 0.25) is 11.9 Å². The van der Waals surface area contributed by atoms with Crippen molar-refractivity contribution in [2.45, 2.75) is 19.8 Å². The topological polar surface area (TPSA) is 122 Å². The van der Waals surface area contributed by atoms with Crippen molar-refractivity contribution in [3.63, 3.8) is 0 Å². The largest absolute Gasteiger partial charge is 0.370 e. The first-order valence-electron chi connectivity index (χ1n) is 6.18. The molecular formula is C11H17N7O. The summed E-state index contributed by atoms with van der Waals surface area (Å²) < 4.78 is 0. The maximum absolute atomic E-state index is 10.7. The third kappa shape index (κ3) is 3.30. The number of nitrogens with two attached hydrogens (primary N) is 1. The minimum absolute atomic E-state index is 0.247. The highest BCUT2D eigenvalue weighted by atomic mass is 16.1. The SMILES string of the molecule is CCCNc1nc(NCCC(N)=O)c2[nH]cnc2n1. The van der Waals surface area contributed by atoms with Crippen molar-refractivity contribution in [2.75, 3.05) is 23.7 Å². The summed E-state index contributed by atoms with van der Waals surface area (Å²) in [4.78, 5) is 26.4. The molecule has 8 nitrogen and oxygen atoms in total. The van der Waals surface area contributed by atoms with E-state index in [4.69, 9.17) is 5.73 Å². The van der Waals surface area contributed by atoms with Gasteiger partial charge < -0.3 is 21.4 Å². The van der Waals surface area contributed by atoms with Crippen LogP contribution >= 0.6 is 0 Å². The zero-order valence-corrected chi connectivity index (χ0v) is 10.7. The Morgan fingerprint density at radius 3 is 2.95 bits per heavy atom. The van der Waals surface area contributed by atoms with E-state index in [-0.39, 0.29) is 12.3 Å². The highest BCUT2D eigenvalue weighted by molar-refractivity contribution is 5.84. The Labute approximate surface area is 110 Å². The van der Waals surface area contributed by atoms with Crippen molar-refractivity contribution in [3.8, 4) is 0 Å². The third-order valence-corrected chi connectivity index (χ3v) is 2.48. The number of imidazole rings is 1. The fraction of sp³-hybridized carbons (Fsp3) is 0.455. The molecule has 0 bridgehead atoms. The van der Waals surface area contributed by atoms with Crippen molar-refractivity contribution < 1.29 is 4.79 Å². The standard InChI is InChI=1S/C11H17N7O/c1-2-4-14-11-17-9(13-5-3-7(12)19)8-10(18-11)16-6-15-8/h6H,2-5H2,1H3,(H2,12,19)(H3,13,14,15,16,17,18). The van der Waals surface area contributed by atoms with Crippen LogP contribution < -0.4 is 16.4 Å². The molecule has 2 aromatic rings. The number of primary amides is 1. The number of H-pyrrole nitrogens is 1. The first kappa shape index (κ1) is 13.1. The van der Waals surface area contributed by atoms with Crippen LogP contribution in [0.2, 0.25) is 0 Å². The maximum atomic E-state index is 10.7. The molecule has 0 atom stereocenters. The van der Waals surface area contributed by atoms with Gasteiger partial charge >= 0.3 is 0 Å². The van der Waals surface area contributed by atoms with Gasteiger partial charge in [-0.05, 0) is 6.42 Å². The van der Waals surface area contributed by atoms with Crippen molar-refractivity contribution in [2.24, 2.45) is 5.73 Å². The lowest BCUT2D eigenvalue weighted by molar-refractivity contribution is -0.117. The molecule has 0 saturated heterocycles. The number of carbonyl (C=O) groups is 1. The van der Waals surface area contributed by atoms with E-state index in [0.717, 1.165) is 13.0 Å². The van der Waals surface area contributed by atoms with Crippen molar-refractivity contribution in [3.05, 3.63) is 6.33 Å². The van der Waals surface area contributed by atoms with Gasteiger partial charge in [0.1, 0.15) is 5.52 Å². The van der Waals surface area contributed by atoms with E-state index in [1.165, 1.54) is 0 Å². The summed E-state index contributed by atoms with van der Waals surface area (Å²) in [5.41, 5.74) is 6.39. The van der Waals surface area contributed by atoms with Crippen LogP contribution in [0.25, 0.3) is 11.2 Å². The molecular weight excluding hydrogens is 246 g/mol. The Balaban J connectivity index is 2.18. The van der Waals surface area contributed by atoms with Crippen LogP contribution in [0, 0.1) is 0 Å². The second-order valence-electron chi connectivity index (χ2n) is 4.07. The fourth-order valence-corrected chi connectivity index (χ4v) is 1.58. The quantitative estimate of drug-likeness (QED) is 0.576. The van der Waals surface area contributed by atoms with Crippen LogP contribution in [0.4, 0.5) is 11.8 Å². The van der Waals surface area contributed by atoms with Crippen LogP contribution in [-0.2, 0) is 4.79 Å². The number of fused-ring (bicyclic) bond motifs is 1. The molecule has 8 heteroatoms. The minimum atomic E-state index is -0.355. The summed E-state index contributed by atoms with van der Waals surface area (Å²) in [5.74, 6) is 0.775. The lowest BCUT2D eigenvalue weighted by atomic mass is 10.4. The molecule has 0 spiro atoms. The molecule has 0 aromatic carbocycles. The van der Waals surface area contributed by atoms with Gasteiger partial charge in [-0.15, -0.1) is 0 Å². The molecule has 0 aliphatic carbocycles. The van der Waals surface area contributed by atoms with E-state index in [1.54, 1.807) is 6.33 Å². The lowest BCUT2D eigenvalue weighted by Gasteiger charge is -2.08. The Bertz CT molecular complexity index is 565. The average Bonchev–Trinajstić information content (AvgIpc) is 2.84. The molecule has 0 aliphatic rings. The van der Waals surface area contributed by atoms with Crippen molar-refractivity contribution in [1.82, 2.24) is 19.9 Å². The Kier molecular flexibility index (Phi) is 4.11. The van der Waals surface area contributed by atoms with E-state index in [2.05, 4.69) is 37.5 Å². The highest BCUT2D eigenvalue weighted by Crippen LogP contribution is 2.18. The van der Waals surface area contributed by atoms with E-state index < -0.39 is 0 Å². The molecule has 0 saturated carbocycles. The predicted octanol–water partition coefficient (Wildman–Crippen LogP) is 0.462. The van der Waals surface area contributed by atoms with Gasteiger partial charge in [0, 0.05) is 19.5 Å². The van der Waals surface area contributed by atoms with Crippen LogP contribution in [-0.4, -0.2) is 38.9 Å². The number of amides is 1. The predicted molar refractivity (Wildman–Crippen MR) is 72.8 cm³/mol. The van der Waals surface area contributed by atoms with Crippen LogP contribution in [0.5, 0.6) is 0 Å². The van der Waals surface area contributed by atoms with Crippen molar-refractivity contribution in [1.29, 1.82) is 0 Å². The van der Waals surface area contributed by atoms with Gasteiger partial charge in [-0.2, -0.15) is 9.97 Å². The molecule has 2 rings (SSSR count). The monoisotopic (exact) mass is 263 g/mol. The first-order valence-corrected chi connectivity index (χ1v) is 6.18. The van der Waals surface area contributed by atoms with Gasteiger partial charge in [-0.3, -0.25) is 4.79 Å². The molecule has 5 N–H and O–H groups in total. The van der Waals surface area contributed by atoms with Crippen LogP contribution in [0.3, 0.4) is 0 Å². The molecule has 102 valence electrons. The van der Waals surface area contributed by atoms with E-state index in [1.807, 2.05) is 0 Å². The second-order valence-corrected chi connectivity index (χ2v) is 4.07. The molecule has 0 fully saturated rings. The van der Waals surface area contributed by atoms with Gasteiger partial charge in [-0.1, -0.05) is 6.92 Å². The zero-order chi connectivity index (χ0) is 13.7. The number of aromatic amines is 1. The van der Waals surface area contributed by atoms with E-state index >= 15 is 0 Å². The van der Waals surface area contributed by atoms with Crippen LogP contribution in [0.15, 0.2) is 6.33 Å². The Hall–Kier alpha value is -2.38. The number of hydrogen-bond donors (Lipinski definition) is 4. The van der Waals surface area contributed by atoms with Gasteiger partial charge in [0.15, 0.2) is 11.5 Å². The molecule has 2 aromatic heterocycles. The van der Waals surface area contributed by atoms with Gasteiger partial charge in [-0.25, -0.2) is 4.98 Å². The number of hydrogen-bond acceptors (Lipinski definition) is 6. The van der Waals surface area contributed by atoms with Gasteiger partial charge in [0.25, 0.3) is 0 Å². The number of nitrogens with one attached hydrogen (secondary N) is 3. The highest BCUT2D eigenvalue weighted by Gasteiger charge is 2.09.